The molecule has 0 fully saturated rings. The highest BCUT2D eigenvalue weighted by atomic mass is 16.2. The van der Waals surface area contributed by atoms with E-state index in [1.807, 2.05) is 25.1 Å². The van der Waals surface area contributed by atoms with Gasteiger partial charge in [-0.1, -0.05) is 37.3 Å². The van der Waals surface area contributed by atoms with Crippen molar-refractivity contribution in [1.82, 2.24) is 10.3 Å². The summed E-state index contributed by atoms with van der Waals surface area (Å²) in [6.45, 7) is 7.75. The second-order valence-corrected chi connectivity index (χ2v) is 5.70. The third-order valence-corrected chi connectivity index (χ3v) is 3.95. The minimum atomic E-state index is -0.170. The van der Waals surface area contributed by atoms with Crippen molar-refractivity contribution in [3.63, 3.8) is 0 Å². The Morgan fingerprint density at radius 1 is 1.18 bits per heavy atom. The Morgan fingerprint density at radius 2 is 1.82 bits per heavy atom. The van der Waals surface area contributed by atoms with E-state index in [0.29, 0.717) is 17.8 Å². The molecule has 116 valence electrons. The number of ketones is 1. The highest BCUT2D eigenvalue weighted by Gasteiger charge is 2.20. The molecule has 0 bridgehead atoms. The zero-order chi connectivity index (χ0) is 16.3. The van der Waals surface area contributed by atoms with Gasteiger partial charge in [-0.15, -0.1) is 0 Å². The number of benzene rings is 1. The maximum absolute atomic E-state index is 12.3. The molecule has 0 saturated carbocycles. The molecule has 4 nitrogen and oxygen atoms in total. The highest BCUT2D eigenvalue weighted by Crippen LogP contribution is 2.19. The first-order chi connectivity index (χ1) is 10.4. The van der Waals surface area contributed by atoms with Crippen LogP contribution in [0.2, 0.25) is 0 Å². The van der Waals surface area contributed by atoms with Crippen LogP contribution in [-0.4, -0.2) is 23.2 Å². The van der Waals surface area contributed by atoms with Crippen molar-refractivity contribution in [2.45, 2.75) is 33.6 Å². The minimum absolute atomic E-state index is 0.0250. The normalized spacial score (nSPS) is 12.0. The van der Waals surface area contributed by atoms with Crippen LogP contribution in [0.1, 0.15) is 57.4 Å². The van der Waals surface area contributed by atoms with Crippen LogP contribution < -0.4 is 5.32 Å². The van der Waals surface area contributed by atoms with E-state index in [1.54, 1.807) is 6.92 Å². The molecule has 2 rings (SSSR count). The summed E-state index contributed by atoms with van der Waals surface area (Å²) >= 11 is 0. The van der Waals surface area contributed by atoms with Crippen molar-refractivity contribution < 1.29 is 9.59 Å². The van der Waals surface area contributed by atoms with Crippen LogP contribution in [0.3, 0.4) is 0 Å². The lowest BCUT2D eigenvalue weighted by Crippen LogP contribution is -2.28. The van der Waals surface area contributed by atoms with Crippen LogP contribution >= 0.6 is 0 Å². The van der Waals surface area contributed by atoms with Crippen molar-refractivity contribution in [3.8, 4) is 0 Å². The Hall–Kier alpha value is -2.36. The van der Waals surface area contributed by atoms with Crippen molar-refractivity contribution in [2.24, 2.45) is 0 Å². The van der Waals surface area contributed by atoms with Crippen LogP contribution in [0.15, 0.2) is 30.3 Å². The molecule has 4 heteroatoms. The molecule has 1 aromatic carbocycles. The first-order valence-electron chi connectivity index (χ1n) is 7.45. The van der Waals surface area contributed by atoms with Gasteiger partial charge < -0.3 is 10.3 Å². The summed E-state index contributed by atoms with van der Waals surface area (Å²) < 4.78 is 0. The second kappa shape index (κ2) is 6.60. The maximum Gasteiger partial charge on any atom is 0.268 e. The number of amides is 1. The molecule has 0 radical (unpaired) electrons. The van der Waals surface area contributed by atoms with E-state index in [-0.39, 0.29) is 17.6 Å². The Labute approximate surface area is 130 Å². The molecule has 0 spiro atoms. The van der Waals surface area contributed by atoms with Gasteiger partial charge in [-0.3, -0.25) is 9.59 Å². The SMILES string of the molecule is CC(=O)c1c(C)[nH]c(C(=O)NC[C@@H](C)c2ccccc2)c1C. The van der Waals surface area contributed by atoms with Gasteiger partial charge in [0.25, 0.3) is 5.91 Å². The fourth-order valence-corrected chi connectivity index (χ4v) is 2.74. The number of H-pyrrole nitrogens is 1. The summed E-state index contributed by atoms with van der Waals surface area (Å²) in [5, 5.41) is 2.94. The van der Waals surface area contributed by atoms with E-state index in [9.17, 15) is 9.59 Å². The van der Waals surface area contributed by atoms with Gasteiger partial charge in [0.1, 0.15) is 5.69 Å². The van der Waals surface area contributed by atoms with Gasteiger partial charge in [-0.25, -0.2) is 0 Å². The summed E-state index contributed by atoms with van der Waals surface area (Å²) in [6.07, 6.45) is 0. The molecule has 0 saturated heterocycles. The summed E-state index contributed by atoms with van der Waals surface area (Å²) in [5.74, 6) is 0.0348. The number of carbonyl (C=O) groups excluding carboxylic acids is 2. The second-order valence-electron chi connectivity index (χ2n) is 5.70. The van der Waals surface area contributed by atoms with Gasteiger partial charge in [0.15, 0.2) is 5.78 Å². The number of carbonyl (C=O) groups is 2. The molecule has 2 N–H and O–H groups in total. The molecule has 1 aromatic heterocycles. The lowest BCUT2D eigenvalue weighted by Gasteiger charge is -2.13. The average molecular weight is 298 g/mol. The van der Waals surface area contributed by atoms with E-state index >= 15 is 0 Å². The molecule has 0 aliphatic rings. The molecule has 0 aliphatic heterocycles. The molecule has 2 aromatic rings. The van der Waals surface area contributed by atoms with Crippen LogP contribution in [0.5, 0.6) is 0 Å². The summed E-state index contributed by atoms with van der Waals surface area (Å²) in [4.78, 5) is 27.0. The Morgan fingerprint density at radius 3 is 2.36 bits per heavy atom. The van der Waals surface area contributed by atoms with Gasteiger partial charge in [-0.05, 0) is 37.8 Å². The van der Waals surface area contributed by atoms with Crippen LogP contribution in [-0.2, 0) is 0 Å². The Balaban J connectivity index is 2.07. The average Bonchev–Trinajstić information content (AvgIpc) is 2.80. The molecule has 1 atom stereocenters. The van der Waals surface area contributed by atoms with Crippen LogP contribution in [0.25, 0.3) is 0 Å². The van der Waals surface area contributed by atoms with E-state index < -0.39 is 0 Å². The van der Waals surface area contributed by atoms with E-state index in [4.69, 9.17) is 0 Å². The number of rotatable bonds is 5. The first kappa shape index (κ1) is 16.0. The standard InChI is InChI=1S/C18H22N2O2/c1-11(15-8-6-5-7-9-15)10-19-18(22)17-12(2)16(14(4)21)13(3)20-17/h5-9,11,20H,10H2,1-4H3,(H,19,22)/t11-/m1/s1. The van der Waals surface area contributed by atoms with Crippen molar-refractivity contribution in [2.75, 3.05) is 6.54 Å². The quantitative estimate of drug-likeness (QED) is 0.831. The van der Waals surface area contributed by atoms with E-state index in [1.165, 1.54) is 12.5 Å². The zero-order valence-corrected chi connectivity index (χ0v) is 13.5. The third-order valence-electron chi connectivity index (χ3n) is 3.95. The fraction of sp³-hybridized carbons (Fsp3) is 0.333. The summed E-state index contributed by atoms with van der Waals surface area (Å²) in [5.41, 5.74) is 3.73. The summed E-state index contributed by atoms with van der Waals surface area (Å²) in [6, 6.07) is 10.1. The van der Waals surface area contributed by atoms with Gasteiger partial charge in [0.05, 0.1) is 0 Å². The van der Waals surface area contributed by atoms with Gasteiger partial charge in [0.2, 0.25) is 0 Å². The van der Waals surface area contributed by atoms with Gasteiger partial charge in [0, 0.05) is 17.8 Å². The number of aryl methyl sites for hydroxylation is 1. The third kappa shape index (κ3) is 3.27. The molecule has 22 heavy (non-hydrogen) atoms. The number of aromatic amines is 1. The Kier molecular flexibility index (Phi) is 4.81. The molecular weight excluding hydrogens is 276 g/mol. The molecular formula is C18H22N2O2. The molecule has 0 unspecified atom stereocenters. The summed E-state index contributed by atoms with van der Waals surface area (Å²) in [7, 11) is 0. The topological polar surface area (TPSA) is 62.0 Å². The lowest BCUT2D eigenvalue weighted by molar-refractivity contribution is 0.0946. The Bertz CT molecular complexity index is 687. The number of nitrogens with one attached hydrogen (secondary N) is 2. The highest BCUT2D eigenvalue weighted by molar-refractivity contribution is 6.02. The number of hydrogen-bond donors (Lipinski definition) is 2. The van der Waals surface area contributed by atoms with Gasteiger partial charge in [-0.2, -0.15) is 0 Å². The van der Waals surface area contributed by atoms with Crippen molar-refractivity contribution >= 4 is 11.7 Å². The molecule has 1 heterocycles. The number of aromatic nitrogens is 1. The largest absolute Gasteiger partial charge is 0.354 e. The van der Waals surface area contributed by atoms with Gasteiger partial charge >= 0.3 is 0 Å². The van der Waals surface area contributed by atoms with E-state index in [2.05, 4.69) is 29.4 Å². The van der Waals surface area contributed by atoms with Crippen molar-refractivity contribution in [3.05, 3.63) is 58.4 Å². The lowest BCUT2D eigenvalue weighted by atomic mass is 10.0. The smallest absolute Gasteiger partial charge is 0.268 e. The predicted molar refractivity (Wildman–Crippen MR) is 87.5 cm³/mol. The molecule has 1 amide bonds. The monoisotopic (exact) mass is 298 g/mol. The minimum Gasteiger partial charge on any atom is -0.354 e. The van der Waals surface area contributed by atoms with E-state index in [0.717, 1.165) is 11.3 Å². The maximum atomic E-state index is 12.3. The number of Topliss-reactive ketones (excluding diaryl/α,β-unsaturated/α-hetero) is 1. The zero-order valence-electron chi connectivity index (χ0n) is 13.5. The van der Waals surface area contributed by atoms with Crippen LogP contribution in [0.4, 0.5) is 0 Å². The predicted octanol–water partition coefficient (Wildman–Crippen LogP) is 3.37. The fourth-order valence-electron chi connectivity index (χ4n) is 2.74. The van der Waals surface area contributed by atoms with Crippen LogP contribution in [0, 0.1) is 13.8 Å². The molecule has 0 aliphatic carbocycles. The first-order valence-corrected chi connectivity index (χ1v) is 7.45. The number of hydrogen-bond acceptors (Lipinski definition) is 2. The van der Waals surface area contributed by atoms with Crippen molar-refractivity contribution in [1.29, 1.82) is 0 Å².